The largest absolute Gasteiger partial charge is 0.494 e. The van der Waals surface area contributed by atoms with E-state index in [9.17, 15) is 14.9 Å². The zero-order valence-electron chi connectivity index (χ0n) is 15.3. The minimum absolute atomic E-state index is 0.0586. The van der Waals surface area contributed by atoms with E-state index in [0.717, 1.165) is 6.54 Å². The molecule has 0 unspecified atom stereocenters. The molecule has 142 valence electrons. The Labute approximate surface area is 153 Å². The fraction of sp³-hybridized carbons (Fsp3) is 0.632. The number of nitrogens with one attached hydrogen (secondary N) is 1. The number of carbonyl (C=O) groups excluding carboxylic acids is 1. The van der Waals surface area contributed by atoms with Crippen molar-refractivity contribution in [1.29, 1.82) is 0 Å². The SMILES string of the molecule is COc1cc([N+](=O)[O-])ccc1NC(=O)CN(CC1CCCCC1)C1CC1. The number of benzene rings is 1. The molecule has 0 aliphatic heterocycles. The van der Waals surface area contributed by atoms with Crippen molar-refractivity contribution in [1.82, 2.24) is 4.90 Å². The third kappa shape index (κ3) is 4.94. The standard InChI is InChI=1S/C19H27N3O4/c1-26-18-11-16(22(24)25)9-10-17(18)20-19(23)13-21(15-7-8-15)12-14-5-3-2-4-6-14/h9-11,14-15H,2-8,12-13H2,1H3,(H,20,23). The zero-order chi connectivity index (χ0) is 18.5. The second kappa shape index (κ2) is 8.49. The van der Waals surface area contributed by atoms with Gasteiger partial charge in [-0.3, -0.25) is 19.8 Å². The van der Waals surface area contributed by atoms with Gasteiger partial charge >= 0.3 is 0 Å². The molecular formula is C19H27N3O4. The molecule has 2 fully saturated rings. The Morgan fingerprint density at radius 2 is 2.00 bits per heavy atom. The molecule has 2 saturated carbocycles. The predicted molar refractivity (Wildman–Crippen MR) is 99.4 cm³/mol. The molecule has 1 N–H and O–H groups in total. The van der Waals surface area contributed by atoms with E-state index in [1.807, 2.05) is 0 Å². The number of nitro benzene ring substituents is 1. The number of amides is 1. The van der Waals surface area contributed by atoms with Gasteiger partial charge in [0.2, 0.25) is 5.91 Å². The highest BCUT2D eigenvalue weighted by atomic mass is 16.6. The van der Waals surface area contributed by atoms with Crippen molar-refractivity contribution in [3.05, 3.63) is 28.3 Å². The summed E-state index contributed by atoms with van der Waals surface area (Å²) in [5.41, 5.74) is 0.410. The second-order valence-electron chi connectivity index (χ2n) is 7.35. The zero-order valence-corrected chi connectivity index (χ0v) is 15.3. The molecule has 7 nitrogen and oxygen atoms in total. The highest BCUT2D eigenvalue weighted by Crippen LogP contribution is 2.32. The Bertz CT molecular complexity index is 654. The van der Waals surface area contributed by atoms with Crippen LogP contribution in [0.15, 0.2) is 18.2 Å². The van der Waals surface area contributed by atoms with Crippen LogP contribution < -0.4 is 10.1 Å². The number of rotatable bonds is 8. The second-order valence-corrected chi connectivity index (χ2v) is 7.35. The maximum absolute atomic E-state index is 12.5. The number of methoxy groups -OCH3 is 1. The molecule has 3 rings (SSSR count). The molecule has 0 atom stereocenters. The van der Waals surface area contributed by atoms with Gasteiger partial charge in [-0.15, -0.1) is 0 Å². The normalized spacial score (nSPS) is 17.9. The summed E-state index contributed by atoms with van der Waals surface area (Å²) in [5.74, 6) is 0.906. The Hall–Kier alpha value is -2.15. The van der Waals surface area contributed by atoms with Crippen molar-refractivity contribution in [2.75, 3.05) is 25.5 Å². The lowest BCUT2D eigenvalue weighted by Gasteiger charge is -2.29. The molecule has 0 bridgehead atoms. The smallest absolute Gasteiger partial charge is 0.273 e. The van der Waals surface area contributed by atoms with Crippen molar-refractivity contribution in [2.45, 2.75) is 51.0 Å². The Balaban J connectivity index is 1.60. The molecule has 0 heterocycles. The van der Waals surface area contributed by atoms with Crippen molar-refractivity contribution in [3.63, 3.8) is 0 Å². The molecule has 2 aliphatic carbocycles. The van der Waals surface area contributed by atoms with Crippen LogP contribution in [-0.4, -0.2) is 42.0 Å². The number of non-ortho nitro benzene ring substituents is 1. The summed E-state index contributed by atoms with van der Waals surface area (Å²) in [6, 6.07) is 4.76. The van der Waals surface area contributed by atoms with E-state index in [1.54, 1.807) is 0 Å². The van der Waals surface area contributed by atoms with Crippen molar-refractivity contribution in [2.24, 2.45) is 5.92 Å². The first kappa shape index (κ1) is 18.6. The van der Waals surface area contributed by atoms with Crippen LogP contribution in [0.2, 0.25) is 0 Å². The molecule has 0 aromatic heterocycles. The lowest BCUT2D eigenvalue weighted by Crippen LogP contribution is -2.38. The number of carbonyl (C=O) groups is 1. The van der Waals surface area contributed by atoms with Gasteiger partial charge < -0.3 is 10.1 Å². The Kier molecular flexibility index (Phi) is 6.08. The van der Waals surface area contributed by atoms with Gasteiger partial charge in [-0.25, -0.2) is 0 Å². The predicted octanol–water partition coefficient (Wildman–Crippen LogP) is 3.59. The molecule has 1 amide bonds. The van der Waals surface area contributed by atoms with Crippen LogP contribution >= 0.6 is 0 Å². The van der Waals surface area contributed by atoms with Gasteiger partial charge in [0.1, 0.15) is 5.75 Å². The number of hydrogen-bond donors (Lipinski definition) is 1. The maximum Gasteiger partial charge on any atom is 0.273 e. The van der Waals surface area contributed by atoms with Gasteiger partial charge in [0.25, 0.3) is 5.69 Å². The molecule has 2 aliphatic rings. The minimum atomic E-state index is -0.479. The average molecular weight is 361 g/mol. The third-order valence-electron chi connectivity index (χ3n) is 5.30. The van der Waals surface area contributed by atoms with E-state index in [0.29, 0.717) is 29.9 Å². The van der Waals surface area contributed by atoms with Crippen LogP contribution in [0.5, 0.6) is 5.75 Å². The molecule has 0 radical (unpaired) electrons. The van der Waals surface area contributed by atoms with Gasteiger partial charge in [-0.2, -0.15) is 0 Å². The van der Waals surface area contributed by atoms with Crippen molar-refractivity contribution >= 4 is 17.3 Å². The van der Waals surface area contributed by atoms with Gasteiger partial charge in [0.15, 0.2) is 0 Å². The first-order valence-corrected chi connectivity index (χ1v) is 9.43. The molecule has 7 heteroatoms. The quantitative estimate of drug-likeness (QED) is 0.565. The van der Waals surface area contributed by atoms with E-state index < -0.39 is 4.92 Å². The van der Waals surface area contributed by atoms with Crippen molar-refractivity contribution < 1.29 is 14.5 Å². The summed E-state index contributed by atoms with van der Waals surface area (Å²) >= 11 is 0. The highest BCUT2D eigenvalue weighted by Gasteiger charge is 2.32. The number of anilines is 1. The average Bonchev–Trinajstić information content (AvgIpc) is 3.47. The number of nitrogens with zero attached hydrogens (tertiary/aromatic N) is 2. The summed E-state index contributed by atoms with van der Waals surface area (Å²) in [7, 11) is 1.44. The summed E-state index contributed by atoms with van der Waals surface area (Å²) in [6.07, 6.45) is 8.80. The van der Waals surface area contributed by atoms with E-state index in [4.69, 9.17) is 4.74 Å². The lowest BCUT2D eigenvalue weighted by atomic mass is 9.89. The van der Waals surface area contributed by atoms with Crippen LogP contribution in [0.3, 0.4) is 0 Å². The molecular weight excluding hydrogens is 334 g/mol. The summed E-state index contributed by atoms with van der Waals surface area (Å²) in [5, 5.41) is 13.7. The van der Waals surface area contributed by atoms with E-state index >= 15 is 0 Å². The van der Waals surface area contributed by atoms with Crippen LogP contribution in [0, 0.1) is 16.0 Å². The van der Waals surface area contributed by atoms with Crippen LogP contribution in [0.1, 0.15) is 44.9 Å². The fourth-order valence-electron chi connectivity index (χ4n) is 3.75. The first-order valence-electron chi connectivity index (χ1n) is 9.43. The summed E-state index contributed by atoms with van der Waals surface area (Å²) in [4.78, 5) is 25.2. The van der Waals surface area contributed by atoms with Crippen LogP contribution in [0.25, 0.3) is 0 Å². The van der Waals surface area contributed by atoms with Crippen LogP contribution in [0.4, 0.5) is 11.4 Å². The van der Waals surface area contributed by atoms with E-state index in [1.165, 1.54) is 70.3 Å². The van der Waals surface area contributed by atoms with Crippen molar-refractivity contribution in [3.8, 4) is 5.75 Å². The molecule has 1 aromatic rings. The molecule has 1 aromatic carbocycles. The highest BCUT2D eigenvalue weighted by molar-refractivity contribution is 5.94. The van der Waals surface area contributed by atoms with Gasteiger partial charge in [0.05, 0.1) is 30.3 Å². The monoisotopic (exact) mass is 361 g/mol. The summed E-state index contributed by atoms with van der Waals surface area (Å²) in [6.45, 7) is 1.36. The molecule has 0 saturated heterocycles. The van der Waals surface area contributed by atoms with Gasteiger partial charge in [-0.1, -0.05) is 19.3 Å². The van der Waals surface area contributed by atoms with Gasteiger partial charge in [-0.05, 0) is 37.7 Å². The minimum Gasteiger partial charge on any atom is -0.494 e. The Morgan fingerprint density at radius 3 is 2.62 bits per heavy atom. The van der Waals surface area contributed by atoms with E-state index in [2.05, 4.69) is 10.2 Å². The fourth-order valence-corrected chi connectivity index (χ4v) is 3.75. The molecule has 26 heavy (non-hydrogen) atoms. The molecule has 0 spiro atoms. The third-order valence-corrected chi connectivity index (χ3v) is 5.30. The van der Waals surface area contributed by atoms with E-state index in [-0.39, 0.29) is 11.6 Å². The number of ether oxygens (including phenoxy) is 1. The first-order chi connectivity index (χ1) is 12.6. The van der Waals surface area contributed by atoms with Gasteiger partial charge in [0, 0.05) is 18.7 Å². The maximum atomic E-state index is 12.5. The topological polar surface area (TPSA) is 84.7 Å². The Morgan fingerprint density at radius 1 is 1.27 bits per heavy atom. The number of nitro groups is 1. The lowest BCUT2D eigenvalue weighted by molar-refractivity contribution is -0.384. The summed E-state index contributed by atoms with van der Waals surface area (Å²) < 4.78 is 5.19. The van der Waals surface area contributed by atoms with Crippen LogP contribution in [-0.2, 0) is 4.79 Å². The number of hydrogen-bond acceptors (Lipinski definition) is 5.